The molecule has 0 unspecified atom stereocenters. The number of anilines is 3. The van der Waals surface area contributed by atoms with E-state index in [9.17, 15) is 17.2 Å². The van der Waals surface area contributed by atoms with Gasteiger partial charge in [-0.15, -0.1) is 0 Å². The maximum atomic E-state index is 13.3. The van der Waals surface area contributed by atoms with Crippen molar-refractivity contribution < 1.29 is 17.2 Å². The highest BCUT2D eigenvalue weighted by Crippen LogP contribution is 2.34. The SMILES string of the molecule is O=S(=O)(C1CC1)n1cc(-c2nccc(Nc3cc(NC4CCC(CN5CCC5)CC4)c(-c4ccn(C(F)F)n4)cn3)n2)cn1. The van der Waals surface area contributed by atoms with Crippen molar-refractivity contribution in [1.29, 1.82) is 0 Å². The van der Waals surface area contributed by atoms with E-state index in [1.165, 1.54) is 44.6 Å². The Bertz CT molecular complexity index is 1730. The van der Waals surface area contributed by atoms with E-state index < -0.39 is 16.6 Å². The highest BCUT2D eigenvalue weighted by Gasteiger charge is 2.37. The van der Waals surface area contributed by atoms with Crippen molar-refractivity contribution in [3.8, 4) is 22.6 Å². The minimum Gasteiger partial charge on any atom is -0.382 e. The fraction of sp³-hybridized carbons (Fsp3) is 0.483. The molecule has 15 heteroatoms. The normalized spacial score (nSPS) is 20.9. The molecule has 0 radical (unpaired) electrons. The molecule has 0 atom stereocenters. The van der Waals surface area contributed by atoms with E-state index in [-0.39, 0.29) is 11.3 Å². The summed E-state index contributed by atoms with van der Waals surface area (Å²) in [6.07, 6.45) is 14.2. The zero-order chi connectivity index (χ0) is 30.3. The number of likely N-dealkylation sites (tertiary alicyclic amines) is 1. The summed E-state index contributed by atoms with van der Waals surface area (Å²) in [5.41, 5.74) is 2.25. The van der Waals surface area contributed by atoms with Gasteiger partial charge in [0, 0.05) is 48.5 Å². The third-order valence-electron chi connectivity index (χ3n) is 8.60. The van der Waals surface area contributed by atoms with Crippen LogP contribution in [0.1, 0.15) is 51.5 Å². The molecule has 232 valence electrons. The molecule has 7 rings (SSSR count). The van der Waals surface area contributed by atoms with Crippen LogP contribution in [-0.2, 0) is 10.0 Å². The van der Waals surface area contributed by atoms with Crippen molar-refractivity contribution in [2.75, 3.05) is 30.3 Å². The van der Waals surface area contributed by atoms with Gasteiger partial charge in [-0.1, -0.05) is 0 Å². The van der Waals surface area contributed by atoms with Crippen LogP contribution in [0, 0.1) is 5.92 Å². The molecule has 44 heavy (non-hydrogen) atoms. The molecule has 2 N–H and O–H groups in total. The van der Waals surface area contributed by atoms with E-state index >= 15 is 0 Å². The molecule has 3 aliphatic rings. The minimum atomic E-state index is -3.50. The second-order valence-electron chi connectivity index (χ2n) is 11.8. The molecular weight excluding hydrogens is 590 g/mol. The Hall–Kier alpha value is -3.98. The maximum Gasteiger partial charge on any atom is 0.333 e. The van der Waals surface area contributed by atoms with E-state index in [2.05, 4.69) is 40.7 Å². The van der Waals surface area contributed by atoms with Crippen molar-refractivity contribution in [2.45, 2.75) is 62.8 Å². The fourth-order valence-corrected chi connectivity index (χ4v) is 7.33. The Balaban J connectivity index is 1.10. The Morgan fingerprint density at radius 2 is 1.82 bits per heavy atom. The third-order valence-corrected chi connectivity index (χ3v) is 10.6. The number of nitrogens with one attached hydrogen (secondary N) is 2. The van der Waals surface area contributed by atoms with Crippen LogP contribution in [0.3, 0.4) is 0 Å². The molecule has 0 aromatic carbocycles. The summed E-state index contributed by atoms with van der Waals surface area (Å²) in [5.74, 6) is 1.96. The summed E-state index contributed by atoms with van der Waals surface area (Å²) in [6.45, 7) is 0.854. The van der Waals surface area contributed by atoms with Crippen molar-refractivity contribution in [3.05, 3.63) is 49.2 Å². The van der Waals surface area contributed by atoms with Gasteiger partial charge in [-0.3, -0.25) is 0 Å². The molecule has 4 aromatic heterocycles. The van der Waals surface area contributed by atoms with Crippen LogP contribution < -0.4 is 10.6 Å². The summed E-state index contributed by atoms with van der Waals surface area (Å²) < 4.78 is 53.3. The van der Waals surface area contributed by atoms with Gasteiger partial charge in [0.05, 0.1) is 28.9 Å². The predicted molar refractivity (Wildman–Crippen MR) is 161 cm³/mol. The van der Waals surface area contributed by atoms with Gasteiger partial charge < -0.3 is 15.5 Å². The van der Waals surface area contributed by atoms with Gasteiger partial charge in [0.25, 0.3) is 10.0 Å². The highest BCUT2D eigenvalue weighted by atomic mass is 32.2. The lowest BCUT2D eigenvalue weighted by molar-refractivity contribution is 0.0568. The number of nitrogens with zero attached hydrogens (tertiary/aromatic N) is 8. The Morgan fingerprint density at radius 3 is 2.52 bits per heavy atom. The topological polar surface area (TPSA) is 136 Å². The van der Waals surface area contributed by atoms with E-state index in [1.807, 2.05) is 6.07 Å². The van der Waals surface area contributed by atoms with E-state index in [4.69, 9.17) is 0 Å². The van der Waals surface area contributed by atoms with E-state index in [0.29, 0.717) is 57.7 Å². The molecule has 1 aliphatic heterocycles. The zero-order valence-electron chi connectivity index (χ0n) is 24.1. The minimum absolute atomic E-state index is 0.239. The summed E-state index contributed by atoms with van der Waals surface area (Å²) >= 11 is 0. The fourth-order valence-electron chi connectivity index (χ4n) is 5.85. The lowest BCUT2D eigenvalue weighted by Crippen LogP contribution is -2.41. The van der Waals surface area contributed by atoms with Gasteiger partial charge in [-0.25, -0.2) is 28.1 Å². The zero-order valence-corrected chi connectivity index (χ0v) is 24.9. The first-order valence-corrected chi connectivity index (χ1v) is 16.5. The summed E-state index contributed by atoms with van der Waals surface area (Å²) in [6, 6.07) is 5.32. The summed E-state index contributed by atoms with van der Waals surface area (Å²) in [4.78, 5) is 15.9. The smallest absolute Gasteiger partial charge is 0.333 e. The van der Waals surface area contributed by atoms with Gasteiger partial charge in [0.2, 0.25) is 0 Å². The molecule has 0 bridgehead atoms. The van der Waals surface area contributed by atoms with Gasteiger partial charge in [-0.2, -0.15) is 23.1 Å². The quantitative estimate of drug-likeness (QED) is 0.241. The molecule has 4 aromatic rings. The van der Waals surface area contributed by atoms with Crippen LogP contribution in [0.2, 0.25) is 0 Å². The Kier molecular flexibility index (Phi) is 7.74. The third kappa shape index (κ3) is 6.15. The van der Waals surface area contributed by atoms with Gasteiger partial charge in [0.1, 0.15) is 11.6 Å². The van der Waals surface area contributed by atoms with E-state index in [0.717, 1.165) is 35.5 Å². The average molecular weight is 625 g/mol. The number of halogens is 2. The largest absolute Gasteiger partial charge is 0.382 e. The standard InChI is InChI=1S/C29H34F2N10O2S/c30-29(31)40-13-9-24(38-40)23-16-33-27(14-25(23)35-21-4-2-19(3-5-21)17-39-11-1-12-39)36-26-8-10-32-28(37-26)20-15-34-41(18-20)44(42,43)22-6-7-22/h8-10,13-16,18-19,21-22,29H,1-7,11-12,17H2,(H2,32,33,35,36,37). The second kappa shape index (κ2) is 11.8. The van der Waals surface area contributed by atoms with Crippen LogP contribution in [0.5, 0.6) is 0 Å². The molecule has 5 heterocycles. The number of rotatable bonds is 11. The molecule has 12 nitrogen and oxygen atoms in total. The lowest BCUT2D eigenvalue weighted by Gasteiger charge is -2.37. The van der Waals surface area contributed by atoms with Gasteiger partial charge in [0.15, 0.2) is 5.82 Å². The lowest BCUT2D eigenvalue weighted by atomic mass is 9.85. The predicted octanol–water partition coefficient (Wildman–Crippen LogP) is 4.75. The Labute approximate surface area is 254 Å². The molecule has 2 aliphatic carbocycles. The number of pyridine rings is 1. The Morgan fingerprint density at radius 1 is 1.00 bits per heavy atom. The summed E-state index contributed by atoms with van der Waals surface area (Å²) in [7, 11) is -3.50. The number of alkyl halides is 2. The monoisotopic (exact) mass is 624 g/mol. The van der Waals surface area contributed by atoms with Crippen molar-refractivity contribution >= 4 is 27.3 Å². The number of hydrogen-bond acceptors (Lipinski definition) is 10. The second-order valence-corrected chi connectivity index (χ2v) is 13.9. The molecule has 3 fully saturated rings. The van der Waals surface area contributed by atoms with Crippen LogP contribution in [0.4, 0.5) is 26.1 Å². The molecule has 2 saturated carbocycles. The van der Waals surface area contributed by atoms with E-state index in [1.54, 1.807) is 24.5 Å². The first kappa shape index (κ1) is 28.8. The molecular formula is C29H34F2N10O2S. The van der Waals surface area contributed by atoms with Gasteiger partial charge in [-0.05, 0) is 76.1 Å². The summed E-state index contributed by atoms with van der Waals surface area (Å²) in [5, 5.41) is 14.6. The van der Waals surface area contributed by atoms with Crippen LogP contribution >= 0.6 is 0 Å². The van der Waals surface area contributed by atoms with Crippen molar-refractivity contribution in [3.63, 3.8) is 0 Å². The van der Waals surface area contributed by atoms with Crippen molar-refractivity contribution in [1.82, 2.24) is 38.8 Å². The molecule has 0 amide bonds. The van der Waals surface area contributed by atoms with Gasteiger partial charge >= 0.3 is 6.55 Å². The first-order chi connectivity index (χ1) is 21.3. The van der Waals surface area contributed by atoms with Crippen LogP contribution in [-0.4, -0.2) is 78.2 Å². The maximum absolute atomic E-state index is 13.3. The average Bonchev–Trinajstić information content (AvgIpc) is 3.53. The first-order valence-electron chi connectivity index (χ1n) is 15.0. The number of hydrogen-bond donors (Lipinski definition) is 2. The molecule has 0 spiro atoms. The molecule has 1 saturated heterocycles. The van der Waals surface area contributed by atoms with Crippen LogP contribution in [0.15, 0.2) is 49.2 Å². The highest BCUT2D eigenvalue weighted by molar-refractivity contribution is 7.90. The van der Waals surface area contributed by atoms with Crippen LogP contribution in [0.25, 0.3) is 22.6 Å². The number of aromatic nitrogens is 7. The van der Waals surface area contributed by atoms with Crippen molar-refractivity contribution in [2.24, 2.45) is 5.92 Å².